The molecule has 2 rings (SSSR count). The van der Waals surface area contributed by atoms with Gasteiger partial charge >= 0.3 is 0 Å². The Bertz CT molecular complexity index is 619. The molecule has 1 saturated heterocycles. The predicted molar refractivity (Wildman–Crippen MR) is 89.4 cm³/mol. The maximum atomic E-state index is 12.4. The average molecular weight is 347 g/mol. The van der Waals surface area contributed by atoms with Crippen LogP contribution < -0.4 is 10.6 Å². The molecule has 1 aliphatic rings. The van der Waals surface area contributed by atoms with Crippen molar-refractivity contribution in [1.29, 1.82) is 0 Å². The number of carbonyl (C=O) groups is 1. The van der Waals surface area contributed by atoms with E-state index >= 15 is 0 Å². The zero-order valence-electron chi connectivity index (χ0n) is 12.8. The first-order valence-corrected chi connectivity index (χ1v) is 8.95. The molecule has 0 saturated carbocycles. The molecule has 1 aromatic rings. The Kier molecular flexibility index (Phi) is 6.84. The van der Waals surface area contributed by atoms with Gasteiger partial charge in [-0.2, -0.15) is 0 Å². The summed E-state index contributed by atoms with van der Waals surface area (Å²) in [4.78, 5) is 12.5. The van der Waals surface area contributed by atoms with Crippen molar-refractivity contribution in [1.82, 2.24) is 10.6 Å². The molecule has 5 nitrogen and oxygen atoms in total. The van der Waals surface area contributed by atoms with E-state index in [4.69, 9.17) is 0 Å². The quantitative estimate of drug-likeness (QED) is 0.871. The van der Waals surface area contributed by atoms with Crippen molar-refractivity contribution in [3.05, 3.63) is 29.8 Å². The molecular weight excluding hydrogens is 324 g/mol. The third-order valence-electron chi connectivity index (χ3n) is 3.81. The van der Waals surface area contributed by atoms with E-state index < -0.39 is 9.84 Å². The number of carbonyl (C=O) groups excluding carboxylic acids is 1. The van der Waals surface area contributed by atoms with Crippen LogP contribution in [0.25, 0.3) is 0 Å². The molecule has 0 radical (unpaired) electrons. The molecule has 0 aromatic heterocycles. The van der Waals surface area contributed by atoms with Crippen LogP contribution >= 0.6 is 12.4 Å². The van der Waals surface area contributed by atoms with Gasteiger partial charge in [-0.1, -0.05) is 19.1 Å². The van der Waals surface area contributed by atoms with Gasteiger partial charge in [-0.05, 0) is 38.4 Å². The van der Waals surface area contributed by atoms with E-state index in [0.29, 0.717) is 6.04 Å². The smallest absolute Gasteiger partial charge is 0.252 e. The zero-order chi connectivity index (χ0) is 15.5. The Morgan fingerprint density at radius 3 is 2.68 bits per heavy atom. The van der Waals surface area contributed by atoms with Crippen molar-refractivity contribution in [2.24, 2.45) is 0 Å². The van der Waals surface area contributed by atoms with Crippen molar-refractivity contribution < 1.29 is 13.2 Å². The van der Waals surface area contributed by atoms with Crippen LogP contribution in [0.1, 0.15) is 37.0 Å². The Labute approximate surface area is 138 Å². The Hall–Kier alpha value is -1.11. The minimum absolute atomic E-state index is 0. The summed E-state index contributed by atoms with van der Waals surface area (Å²) >= 11 is 0. The van der Waals surface area contributed by atoms with Crippen molar-refractivity contribution in [3.63, 3.8) is 0 Å². The van der Waals surface area contributed by atoms with Crippen LogP contribution in [0.4, 0.5) is 0 Å². The summed E-state index contributed by atoms with van der Waals surface area (Å²) in [7, 11) is -3.40. The lowest BCUT2D eigenvalue weighted by molar-refractivity contribution is 0.0922. The monoisotopic (exact) mass is 346 g/mol. The molecule has 2 N–H and O–H groups in total. The summed E-state index contributed by atoms with van der Waals surface area (Å²) in [5.74, 6) is -0.316. The van der Waals surface area contributed by atoms with Crippen LogP contribution in [0.5, 0.6) is 0 Å². The molecule has 2 atom stereocenters. The second-order valence-electron chi connectivity index (χ2n) is 5.45. The fraction of sp³-hybridized carbons (Fsp3) is 0.533. The first-order valence-electron chi connectivity index (χ1n) is 7.30. The van der Waals surface area contributed by atoms with Gasteiger partial charge in [0, 0.05) is 12.1 Å². The maximum absolute atomic E-state index is 12.4. The highest BCUT2D eigenvalue weighted by Gasteiger charge is 2.24. The van der Waals surface area contributed by atoms with Gasteiger partial charge < -0.3 is 10.6 Å². The van der Waals surface area contributed by atoms with Gasteiger partial charge in [-0.15, -0.1) is 12.4 Å². The summed E-state index contributed by atoms with van der Waals surface area (Å²) in [5, 5.41) is 6.28. The third kappa shape index (κ3) is 4.44. The van der Waals surface area contributed by atoms with Gasteiger partial charge in [-0.25, -0.2) is 8.42 Å². The third-order valence-corrected chi connectivity index (χ3v) is 5.59. The summed E-state index contributed by atoms with van der Waals surface area (Å²) < 4.78 is 24.2. The Morgan fingerprint density at radius 1 is 1.36 bits per heavy atom. The van der Waals surface area contributed by atoms with E-state index in [-0.39, 0.29) is 40.6 Å². The number of hydrogen-bond donors (Lipinski definition) is 2. The molecule has 1 fully saturated rings. The highest BCUT2D eigenvalue weighted by Crippen LogP contribution is 2.18. The van der Waals surface area contributed by atoms with Crippen molar-refractivity contribution in [2.45, 2.75) is 43.7 Å². The van der Waals surface area contributed by atoms with Crippen LogP contribution in [0.3, 0.4) is 0 Å². The summed E-state index contributed by atoms with van der Waals surface area (Å²) in [5.41, 5.74) is 0.241. The van der Waals surface area contributed by atoms with Crippen molar-refractivity contribution in [3.8, 4) is 0 Å². The van der Waals surface area contributed by atoms with Crippen LogP contribution in [0.2, 0.25) is 0 Å². The first-order chi connectivity index (χ1) is 9.94. The van der Waals surface area contributed by atoms with E-state index in [9.17, 15) is 13.2 Å². The largest absolute Gasteiger partial charge is 0.349 e. The molecule has 1 aliphatic heterocycles. The van der Waals surface area contributed by atoms with Crippen molar-refractivity contribution in [2.75, 3.05) is 12.3 Å². The summed E-state index contributed by atoms with van der Waals surface area (Å²) in [6, 6.07) is 6.85. The van der Waals surface area contributed by atoms with Crippen molar-refractivity contribution >= 4 is 28.2 Å². The molecule has 7 heteroatoms. The topological polar surface area (TPSA) is 75.3 Å². The SMILES string of the molecule is CCS(=O)(=O)c1ccccc1C(=O)NC1CCNC(C)C1.Cl. The number of amides is 1. The molecule has 124 valence electrons. The highest BCUT2D eigenvalue weighted by molar-refractivity contribution is 7.91. The lowest BCUT2D eigenvalue weighted by atomic mass is 10.0. The lowest BCUT2D eigenvalue weighted by Gasteiger charge is -2.28. The fourth-order valence-corrected chi connectivity index (χ4v) is 3.70. The van der Waals surface area contributed by atoms with Gasteiger partial charge in [0.25, 0.3) is 5.91 Å². The fourth-order valence-electron chi connectivity index (χ4n) is 2.61. The van der Waals surface area contributed by atoms with Crippen LogP contribution in [-0.4, -0.2) is 38.7 Å². The molecular formula is C15H23ClN2O3S. The zero-order valence-corrected chi connectivity index (χ0v) is 14.5. The van der Waals surface area contributed by atoms with E-state index in [0.717, 1.165) is 19.4 Å². The molecule has 1 aromatic carbocycles. The van der Waals surface area contributed by atoms with Crippen LogP contribution in [0.15, 0.2) is 29.2 Å². The summed E-state index contributed by atoms with van der Waals surface area (Å²) in [6.45, 7) is 4.52. The number of benzene rings is 1. The minimum Gasteiger partial charge on any atom is -0.349 e. The van der Waals surface area contributed by atoms with E-state index in [1.807, 2.05) is 0 Å². The standard InChI is InChI=1S/C15H22N2O3S.ClH/c1-3-21(19,20)14-7-5-4-6-13(14)15(18)17-12-8-9-16-11(2)10-12;/h4-7,11-12,16H,3,8-10H2,1-2H3,(H,17,18);1H. The molecule has 0 bridgehead atoms. The van der Waals surface area contributed by atoms with Gasteiger partial charge in [0.05, 0.1) is 16.2 Å². The Morgan fingerprint density at radius 2 is 2.05 bits per heavy atom. The highest BCUT2D eigenvalue weighted by atomic mass is 35.5. The molecule has 2 unspecified atom stereocenters. The molecule has 0 spiro atoms. The van der Waals surface area contributed by atoms with Gasteiger partial charge in [-0.3, -0.25) is 4.79 Å². The molecule has 22 heavy (non-hydrogen) atoms. The normalized spacial score (nSPS) is 21.7. The van der Waals surface area contributed by atoms with Crippen LogP contribution in [0, 0.1) is 0 Å². The van der Waals surface area contributed by atoms with E-state index in [1.165, 1.54) is 6.07 Å². The summed E-state index contributed by atoms with van der Waals surface area (Å²) in [6.07, 6.45) is 1.72. The number of hydrogen-bond acceptors (Lipinski definition) is 4. The lowest BCUT2D eigenvalue weighted by Crippen LogP contribution is -2.46. The average Bonchev–Trinajstić information content (AvgIpc) is 2.47. The van der Waals surface area contributed by atoms with E-state index in [2.05, 4.69) is 17.6 Å². The van der Waals surface area contributed by atoms with Gasteiger partial charge in [0.1, 0.15) is 0 Å². The first kappa shape index (κ1) is 18.9. The minimum atomic E-state index is -3.40. The Balaban J connectivity index is 0.00000242. The second-order valence-corrected chi connectivity index (χ2v) is 7.70. The second kappa shape index (κ2) is 7.94. The number of sulfone groups is 1. The molecule has 1 amide bonds. The van der Waals surface area contributed by atoms with E-state index in [1.54, 1.807) is 25.1 Å². The van der Waals surface area contributed by atoms with Gasteiger partial charge in [0.2, 0.25) is 0 Å². The van der Waals surface area contributed by atoms with Gasteiger partial charge in [0.15, 0.2) is 9.84 Å². The maximum Gasteiger partial charge on any atom is 0.252 e. The van der Waals surface area contributed by atoms with Crippen LogP contribution in [-0.2, 0) is 9.84 Å². The molecule has 1 heterocycles. The number of nitrogens with one attached hydrogen (secondary N) is 2. The number of piperidine rings is 1. The predicted octanol–water partition coefficient (Wildman–Crippen LogP) is 1.77. The number of rotatable bonds is 4. The molecule has 0 aliphatic carbocycles. The number of halogens is 1.